The molecule has 2 nitrogen and oxygen atoms in total. The van der Waals surface area contributed by atoms with E-state index in [1.807, 2.05) is 23.5 Å². The summed E-state index contributed by atoms with van der Waals surface area (Å²) in [5, 5.41) is 5.56. The molecule has 2 heterocycles. The lowest BCUT2D eigenvalue weighted by Crippen LogP contribution is -2.42. The van der Waals surface area contributed by atoms with E-state index in [1.165, 1.54) is 22.5 Å². The highest BCUT2D eigenvalue weighted by Crippen LogP contribution is 2.39. The Morgan fingerprint density at radius 1 is 1.50 bits per heavy atom. The number of thiazole rings is 1. The molecule has 0 saturated carbocycles. The molecule has 1 aromatic carbocycles. The highest BCUT2D eigenvalue weighted by molar-refractivity contribution is 7.18. The molecule has 1 aliphatic rings. The molecule has 3 rings (SSSR count). The maximum atomic E-state index is 6.03. The zero-order chi connectivity index (χ0) is 12.6. The van der Waals surface area contributed by atoms with E-state index >= 15 is 0 Å². The Balaban J connectivity index is 2.06. The van der Waals surface area contributed by atoms with Gasteiger partial charge < -0.3 is 5.32 Å². The van der Waals surface area contributed by atoms with Crippen LogP contribution in [0.2, 0.25) is 5.02 Å². The molecule has 96 valence electrons. The second kappa shape index (κ2) is 4.80. The van der Waals surface area contributed by atoms with Gasteiger partial charge in [0.2, 0.25) is 0 Å². The van der Waals surface area contributed by atoms with Gasteiger partial charge in [-0.1, -0.05) is 18.5 Å². The van der Waals surface area contributed by atoms with E-state index in [4.69, 9.17) is 16.6 Å². The van der Waals surface area contributed by atoms with Crippen molar-refractivity contribution in [2.45, 2.75) is 31.6 Å². The first-order valence-corrected chi connectivity index (χ1v) is 7.70. The van der Waals surface area contributed by atoms with Gasteiger partial charge in [-0.2, -0.15) is 0 Å². The first-order chi connectivity index (χ1) is 8.73. The summed E-state index contributed by atoms with van der Waals surface area (Å²) >= 11 is 7.86. The van der Waals surface area contributed by atoms with E-state index in [1.54, 1.807) is 0 Å². The van der Waals surface area contributed by atoms with Crippen LogP contribution in [0, 0.1) is 0 Å². The van der Waals surface area contributed by atoms with E-state index in [0.29, 0.717) is 0 Å². The quantitative estimate of drug-likeness (QED) is 0.900. The van der Waals surface area contributed by atoms with Gasteiger partial charge in [-0.05, 0) is 44.0 Å². The number of rotatable bonds is 2. The summed E-state index contributed by atoms with van der Waals surface area (Å²) < 4.78 is 1.24. The molecule has 1 fully saturated rings. The minimum Gasteiger partial charge on any atom is -0.316 e. The maximum absolute atomic E-state index is 6.03. The van der Waals surface area contributed by atoms with Crippen LogP contribution in [-0.4, -0.2) is 18.1 Å². The molecule has 0 spiro atoms. The topological polar surface area (TPSA) is 24.9 Å². The number of fused-ring (bicyclic) bond motifs is 1. The molecule has 1 N–H and O–H groups in total. The Bertz CT molecular complexity index is 558. The Morgan fingerprint density at radius 3 is 3.11 bits per heavy atom. The van der Waals surface area contributed by atoms with Crippen molar-refractivity contribution >= 4 is 33.2 Å². The average Bonchev–Trinajstić information content (AvgIpc) is 2.83. The van der Waals surface area contributed by atoms with Gasteiger partial charge in [-0.25, -0.2) is 4.98 Å². The number of nitrogens with zero attached hydrogens (tertiary/aromatic N) is 1. The summed E-state index contributed by atoms with van der Waals surface area (Å²) in [6.07, 6.45) is 3.63. The van der Waals surface area contributed by atoms with Gasteiger partial charge in [0.05, 0.1) is 10.2 Å². The Hall–Kier alpha value is -0.640. The molecule has 0 aliphatic carbocycles. The molecule has 0 bridgehead atoms. The lowest BCUT2D eigenvalue weighted by molar-refractivity contribution is 0.302. The van der Waals surface area contributed by atoms with Crippen LogP contribution in [0.25, 0.3) is 10.2 Å². The molecule has 18 heavy (non-hydrogen) atoms. The van der Waals surface area contributed by atoms with Crippen LogP contribution >= 0.6 is 22.9 Å². The van der Waals surface area contributed by atoms with Crippen molar-refractivity contribution in [2.24, 2.45) is 0 Å². The Morgan fingerprint density at radius 2 is 2.39 bits per heavy atom. The minimum absolute atomic E-state index is 0.231. The number of piperidine rings is 1. The van der Waals surface area contributed by atoms with Gasteiger partial charge in [-0.15, -0.1) is 11.3 Å². The highest BCUT2D eigenvalue weighted by Gasteiger charge is 2.35. The zero-order valence-electron chi connectivity index (χ0n) is 10.5. The molecular formula is C14H17ClN2S. The van der Waals surface area contributed by atoms with Gasteiger partial charge >= 0.3 is 0 Å². The fourth-order valence-corrected chi connectivity index (χ4v) is 4.13. The van der Waals surface area contributed by atoms with Gasteiger partial charge in [0.1, 0.15) is 5.01 Å². The number of benzene rings is 1. The van der Waals surface area contributed by atoms with Gasteiger partial charge in [-0.3, -0.25) is 0 Å². The fourth-order valence-electron chi connectivity index (χ4n) is 2.73. The van der Waals surface area contributed by atoms with E-state index in [0.717, 1.165) is 30.0 Å². The number of hydrogen-bond donors (Lipinski definition) is 1. The van der Waals surface area contributed by atoms with Crippen LogP contribution in [0.5, 0.6) is 0 Å². The first-order valence-electron chi connectivity index (χ1n) is 6.51. The normalized spacial score (nSPS) is 24.6. The molecule has 4 heteroatoms. The minimum atomic E-state index is 0.231. The molecule has 1 aromatic heterocycles. The Labute approximate surface area is 116 Å². The van der Waals surface area contributed by atoms with Crippen LogP contribution in [0.4, 0.5) is 0 Å². The molecule has 2 aromatic rings. The zero-order valence-corrected chi connectivity index (χ0v) is 12.1. The lowest BCUT2D eigenvalue weighted by Gasteiger charge is -2.35. The highest BCUT2D eigenvalue weighted by atomic mass is 35.5. The first kappa shape index (κ1) is 12.4. The summed E-state index contributed by atoms with van der Waals surface area (Å²) in [5.74, 6) is 0. The van der Waals surface area contributed by atoms with Gasteiger partial charge in [0.25, 0.3) is 0 Å². The summed E-state index contributed by atoms with van der Waals surface area (Å²) in [6.45, 7) is 4.46. The van der Waals surface area contributed by atoms with E-state index in [9.17, 15) is 0 Å². The van der Waals surface area contributed by atoms with Crippen molar-refractivity contribution in [1.82, 2.24) is 10.3 Å². The van der Waals surface area contributed by atoms with E-state index in [2.05, 4.69) is 18.3 Å². The van der Waals surface area contributed by atoms with Crippen LogP contribution in [0.1, 0.15) is 31.2 Å². The summed E-state index contributed by atoms with van der Waals surface area (Å²) in [5.41, 5.74) is 1.27. The van der Waals surface area contributed by atoms with E-state index in [-0.39, 0.29) is 5.41 Å². The lowest BCUT2D eigenvalue weighted by atomic mass is 9.79. The van der Waals surface area contributed by atoms with Gasteiger partial charge in [0, 0.05) is 17.0 Å². The predicted octanol–water partition coefficient (Wildman–Crippen LogP) is 3.98. The van der Waals surface area contributed by atoms with Crippen LogP contribution in [0.15, 0.2) is 18.2 Å². The number of nitrogens with one attached hydrogen (secondary N) is 1. The summed E-state index contributed by atoms with van der Waals surface area (Å²) in [4.78, 5) is 4.83. The van der Waals surface area contributed by atoms with E-state index < -0.39 is 0 Å². The third kappa shape index (κ3) is 2.04. The Kier molecular flexibility index (Phi) is 3.31. The molecule has 0 amide bonds. The van der Waals surface area contributed by atoms with Gasteiger partial charge in [0.15, 0.2) is 0 Å². The third-order valence-electron chi connectivity index (χ3n) is 3.95. The molecule has 1 saturated heterocycles. The number of halogens is 1. The van der Waals surface area contributed by atoms with Crippen LogP contribution in [0.3, 0.4) is 0 Å². The van der Waals surface area contributed by atoms with Crippen molar-refractivity contribution < 1.29 is 0 Å². The van der Waals surface area contributed by atoms with Crippen molar-refractivity contribution in [2.75, 3.05) is 13.1 Å². The SMILES string of the molecule is CCC1(c2nc3cc(Cl)ccc3s2)CCCNC1. The molecule has 1 atom stereocenters. The standard InChI is InChI=1S/C14H17ClN2S/c1-2-14(6-3-7-16-9-14)13-17-11-8-10(15)4-5-12(11)18-13/h4-5,8,16H,2-3,6-7,9H2,1H3. The molecular weight excluding hydrogens is 264 g/mol. The largest absolute Gasteiger partial charge is 0.316 e. The van der Waals surface area contributed by atoms with Crippen molar-refractivity contribution in [3.63, 3.8) is 0 Å². The summed E-state index contributed by atoms with van der Waals surface area (Å²) in [6, 6.07) is 6.00. The monoisotopic (exact) mass is 280 g/mol. The average molecular weight is 281 g/mol. The molecule has 1 aliphatic heterocycles. The second-order valence-corrected chi connectivity index (χ2v) is 6.51. The van der Waals surface area contributed by atoms with Crippen molar-refractivity contribution in [3.8, 4) is 0 Å². The molecule has 1 unspecified atom stereocenters. The number of aromatic nitrogens is 1. The van der Waals surface area contributed by atoms with Crippen molar-refractivity contribution in [3.05, 3.63) is 28.2 Å². The predicted molar refractivity (Wildman–Crippen MR) is 78.7 cm³/mol. The number of hydrogen-bond acceptors (Lipinski definition) is 3. The van der Waals surface area contributed by atoms with Crippen LogP contribution in [-0.2, 0) is 5.41 Å². The molecule has 0 radical (unpaired) electrons. The smallest absolute Gasteiger partial charge is 0.101 e. The fraction of sp³-hybridized carbons (Fsp3) is 0.500. The third-order valence-corrected chi connectivity index (χ3v) is 5.47. The van der Waals surface area contributed by atoms with Crippen molar-refractivity contribution in [1.29, 1.82) is 0 Å². The maximum Gasteiger partial charge on any atom is 0.101 e. The van der Waals surface area contributed by atoms with Crippen LogP contribution < -0.4 is 5.32 Å². The summed E-state index contributed by atoms with van der Waals surface area (Å²) in [7, 11) is 0. The second-order valence-electron chi connectivity index (χ2n) is 5.05.